The lowest BCUT2D eigenvalue weighted by atomic mass is 9.98. The lowest BCUT2D eigenvalue weighted by molar-refractivity contribution is -0.303. The summed E-state index contributed by atoms with van der Waals surface area (Å²) >= 11 is 0. The number of amides is 1. The third-order valence-electron chi connectivity index (χ3n) is 10.8. The number of rotatable bonds is 36. The number of hydrogen-bond donors (Lipinski definition) is 7. The van der Waals surface area contributed by atoms with Crippen molar-refractivity contribution in [3.63, 3.8) is 0 Å². The number of hydrogen-bond acceptors (Lipinski definition) is 9. The van der Waals surface area contributed by atoms with E-state index in [0.717, 1.165) is 44.9 Å². The van der Waals surface area contributed by atoms with Gasteiger partial charge in [-0.25, -0.2) is 0 Å². The van der Waals surface area contributed by atoms with Crippen LogP contribution in [0.5, 0.6) is 0 Å². The van der Waals surface area contributed by atoms with Crippen molar-refractivity contribution in [3.05, 3.63) is 0 Å². The average molecular weight is 746 g/mol. The van der Waals surface area contributed by atoms with Gasteiger partial charge >= 0.3 is 0 Å². The van der Waals surface area contributed by atoms with E-state index in [1.165, 1.54) is 128 Å². The fourth-order valence-corrected chi connectivity index (χ4v) is 7.20. The topological polar surface area (TPSA) is 169 Å². The summed E-state index contributed by atoms with van der Waals surface area (Å²) in [6.45, 7) is 3.60. The van der Waals surface area contributed by atoms with Gasteiger partial charge in [0.2, 0.25) is 5.91 Å². The summed E-state index contributed by atoms with van der Waals surface area (Å²) < 4.78 is 11.1. The average Bonchev–Trinajstić information content (AvgIpc) is 3.14. The Hall–Kier alpha value is -0.850. The second-order valence-corrected chi connectivity index (χ2v) is 15.6. The molecule has 0 unspecified atom stereocenters. The summed E-state index contributed by atoms with van der Waals surface area (Å²) in [6, 6.07) is -0.983. The summed E-state index contributed by atoms with van der Waals surface area (Å²) in [7, 11) is 0. The van der Waals surface area contributed by atoms with Crippen LogP contribution in [-0.2, 0) is 14.3 Å². The highest BCUT2D eigenvalue weighted by atomic mass is 16.7. The number of carbonyl (C=O) groups excluding carboxylic acids is 1. The Morgan fingerprint density at radius 2 is 1.00 bits per heavy atom. The SMILES string of the molecule is CCCCCCCCCCCCCCCCCC(=O)N[C@@H](CO[C@H]1O[C@H](CO)[C@H](O)[C@H](O)[C@H]1O)[C@H](O)[C@H](O)CCCCCCCCCCCCCC. The van der Waals surface area contributed by atoms with Crippen LogP contribution in [0.2, 0.25) is 0 Å². The van der Waals surface area contributed by atoms with Crippen molar-refractivity contribution in [3.8, 4) is 0 Å². The van der Waals surface area contributed by atoms with Gasteiger partial charge in [0.15, 0.2) is 6.29 Å². The second-order valence-electron chi connectivity index (χ2n) is 15.6. The molecule has 1 aliphatic rings. The number of nitrogens with one attached hydrogen (secondary N) is 1. The molecule has 1 saturated heterocycles. The lowest BCUT2D eigenvalue weighted by Gasteiger charge is -2.40. The zero-order chi connectivity index (χ0) is 38.2. The molecule has 0 aliphatic carbocycles. The molecule has 7 N–H and O–H groups in total. The first-order chi connectivity index (χ1) is 25.3. The van der Waals surface area contributed by atoms with Gasteiger partial charge in [-0.2, -0.15) is 0 Å². The Morgan fingerprint density at radius 3 is 1.42 bits per heavy atom. The van der Waals surface area contributed by atoms with E-state index in [2.05, 4.69) is 19.2 Å². The summed E-state index contributed by atoms with van der Waals surface area (Å²) in [6.07, 6.45) is 23.9. The molecular weight excluding hydrogens is 662 g/mol. The van der Waals surface area contributed by atoms with E-state index in [-0.39, 0.29) is 18.9 Å². The van der Waals surface area contributed by atoms with Crippen molar-refractivity contribution in [2.45, 2.75) is 249 Å². The van der Waals surface area contributed by atoms with Crippen molar-refractivity contribution in [1.82, 2.24) is 5.32 Å². The fourth-order valence-electron chi connectivity index (χ4n) is 7.20. The minimum atomic E-state index is -1.60. The van der Waals surface area contributed by atoms with Crippen LogP contribution in [0, 0.1) is 0 Å². The maximum atomic E-state index is 13.0. The molecule has 0 bridgehead atoms. The molecule has 0 aromatic carbocycles. The van der Waals surface area contributed by atoms with Gasteiger partial charge in [0.25, 0.3) is 0 Å². The third kappa shape index (κ3) is 23.8. The minimum Gasteiger partial charge on any atom is -0.394 e. The van der Waals surface area contributed by atoms with E-state index in [1.807, 2.05) is 0 Å². The van der Waals surface area contributed by atoms with Crippen molar-refractivity contribution < 1.29 is 44.9 Å². The molecule has 0 aromatic heterocycles. The Labute approximate surface area is 317 Å². The highest BCUT2D eigenvalue weighted by Crippen LogP contribution is 2.23. The quantitative estimate of drug-likeness (QED) is 0.0324. The zero-order valence-electron chi connectivity index (χ0n) is 33.4. The normalized spacial score (nSPS) is 22.3. The zero-order valence-corrected chi connectivity index (χ0v) is 33.4. The van der Waals surface area contributed by atoms with Gasteiger partial charge in [0, 0.05) is 6.42 Å². The van der Waals surface area contributed by atoms with Crippen LogP contribution in [0.25, 0.3) is 0 Å². The van der Waals surface area contributed by atoms with Gasteiger partial charge in [-0.15, -0.1) is 0 Å². The maximum absolute atomic E-state index is 13.0. The van der Waals surface area contributed by atoms with E-state index in [0.29, 0.717) is 6.42 Å². The minimum absolute atomic E-state index is 0.256. The van der Waals surface area contributed by atoms with Gasteiger partial charge in [-0.05, 0) is 12.8 Å². The molecule has 1 heterocycles. The van der Waals surface area contributed by atoms with Crippen molar-refractivity contribution >= 4 is 5.91 Å². The molecule has 1 amide bonds. The summed E-state index contributed by atoms with van der Waals surface area (Å²) in [5, 5.41) is 65.0. The Bertz CT molecular complexity index is 803. The molecule has 10 nitrogen and oxygen atoms in total. The molecular formula is C42H83NO9. The van der Waals surface area contributed by atoms with Gasteiger partial charge in [-0.3, -0.25) is 4.79 Å². The monoisotopic (exact) mass is 746 g/mol. The van der Waals surface area contributed by atoms with Crippen LogP contribution in [0.4, 0.5) is 0 Å². The van der Waals surface area contributed by atoms with Crippen molar-refractivity contribution in [1.29, 1.82) is 0 Å². The van der Waals surface area contributed by atoms with Crippen molar-refractivity contribution in [2.75, 3.05) is 13.2 Å². The largest absolute Gasteiger partial charge is 0.394 e. The van der Waals surface area contributed by atoms with Crippen LogP contribution in [0.15, 0.2) is 0 Å². The van der Waals surface area contributed by atoms with Crippen LogP contribution in [0.1, 0.15) is 200 Å². The van der Waals surface area contributed by atoms with Crippen LogP contribution in [-0.4, -0.2) is 98.7 Å². The Balaban J connectivity index is 2.42. The number of aliphatic hydroxyl groups excluding tert-OH is 6. The van der Waals surface area contributed by atoms with Gasteiger partial charge < -0.3 is 45.4 Å². The van der Waals surface area contributed by atoms with E-state index >= 15 is 0 Å². The first-order valence-corrected chi connectivity index (χ1v) is 21.8. The van der Waals surface area contributed by atoms with E-state index < -0.39 is 55.6 Å². The maximum Gasteiger partial charge on any atom is 0.220 e. The molecule has 0 spiro atoms. The molecule has 10 heteroatoms. The first-order valence-electron chi connectivity index (χ1n) is 21.8. The third-order valence-corrected chi connectivity index (χ3v) is 10.8. The Kier molecular flexibility index (Phi) is 31.7. The number of unbranched alkanes of at least 4 members (excludes halogenated alkanes) is 25. The molecule has 52 heavy (non-hydrogen) atoms. The molecule has 1 fully saturated rings. The predicted octanol–water partition coefficient (Wildman–Crippen LogP) is 7.36. The van der Waals surface area contributed by atoms with Crippen molar-refractivity contribution in [2.24, 2.45) is 0 Å². The molecule has 1 rings (SSSR count). The molecule has 1 aliphatic heterocycles. The summed E-state index contributed by atoms with van der Waals surface area (Å²) in [5.74, 6) is -0.256. The first kappa shape index (κ1) is 49.2. The standard InChI is InChI=1S/C42H83NO9/c1-3-5-7-9-11-13-15-17-18-19-21-23-25-27-29-31-37(46)43-34(33-51-42-41(50)40(49)39(48)36(32-44)52-42)38(47)35(45)30-28-26-24-22-20-16-14-12-10-8-6-4-2/h34-36,38-42,44-45,47-50H,3-33H2,1-2H3,(H,43,46)/t34-,35+,36+,38-,39-,40-,41+,42-/m0/s1. The molecule has 0 saturated carbocycles. The fraction of sp³-hybridized carbons (Fsp3) is 0.976. The van der Waals surface area contributed by atoms with Crippen LogP contribution >= 0.6 is 0 Å². The highest BCUT2D eigenvalue weighted by molar-refractivity contribution is 5.76. The smallest absolute Gasteiger partial charge is 0.220 e. The van der Waals surface area contributed by atoms with Gasteiger partial charge in [-0.1, -0.05) is 181 Å². The second kappa shape index (κ2) is 33.5. The van der Waals surface area contributed by atoms with Gasteiger partial charge in [0.05, 0.1) is 25.4 Å². The summed E-state index contributed by atoms with van der Waals surface area (Å²) in [4.78, 5) is 13.0. The molecule has 0 aromatic rings. The molecule has 8 atom stereocenters. The summed E-state index contributed by atoms with van der Waals surface area (Å²) in [5.41, 5.74) is 0. The number of ether oxygens (including phenoxy) is 2. The molecule has 0 radical (unpaired) electrons. The van der Waals surface area contributed by atoms with E-state index in [9.17, 15) is 35.4 Å². The van der Waals surface area contributed by atoms with Crippen LogP contribution < -0.4 is 5.32 Å². The number of aliphatic hydroxyl groups is 6. The Morgan fingerprint density at radius 1 is 0.596 bits per heavy atom. The highest BCUT2D eigenvalue weighted by Gasteiger charge is 2.44. The predicted molar refractivity (Wildman–Crippen MR) is 209 cm³/mol. The van der Waals surface area contributed by atoms with Gasteiger partial charge in [0.1, 0.15) is 30.5 Å². The van der Waals surface area contributed by atoms with E-state index in [1.54, 1.807) is 0 Å². The van der Waals surface area contributed by atoms with Crippen LogP contribution in [0.3, 0.4) is 0 Å². The molecule has 310 valence electrons. The number of carbonyl (C=O) groups is 1. The van der Waals surface area contributed by atoms with E-state index in [4.69, 9.17) is 9.47 Å². The lowest BCUT2D eigenvalue weighted by Crippen LogP contribution is -2.60.